The Hall–Kier alpha value is -1.50. The summed E-state index contributed by atoms with van der Waals surface area (Å²) >= 11 is 0. The van der Waals surface area contributed by atoms with Gasteiger partial charge in [-0.3, -0.25) is 9.52 Å². The Bertz CT molecular complexity index is 537. The molecule has 17 heavy (non-hydrogen) atoms. The van der Waals surface area contributed by atoms with E-state index >= 15 is 0 Å². The largest absolute Gasteiger partial charge is 0.292 e. The molecule has 1 saturated carbocycles. The second-order valence-electron chi connectivity index (χ2n) is 3.89. The standard InChI is InChI=1S/C10H13N3O3S/c1-2-9(14)8-5-6-11-10(12-8)13-17(15,16)7-3-4-7/h5-7H,2-4H2,1H3,(H,11,12,13). The number of carbonyl (C=O) groups excluding carboxylic acids is 1. The summed E-state index contributed by atoms with van der Waals surface area (Å²) in [5, 5.41) is -0.336. The molecule has 92 valence electrons. The molecule has 0 aliphatic heterocycles. The van der Waals surface area contributed by atoms with E-state index in [-0.39, 0.29) is 22.7 Å². The van der Waals surface area contributed by atoms with Crippen molar-refractivity contribution in [3.8, 4) is 0 Å². The van der Waals surface area contributed by atoms with Crippen LogP contribution in [-0.2, 0) is 10.0 Å². The molecule has 1 heterocycles. The summed E-state index contributed by atoms with van der Waals surface area (Å²) in [6.45, 7) is 1.72. The highest BCUT2D eigenvalue weighted by Gasteiger charge is 2.36. The summed E-state index contributed by atoms with van der Waals surface area (Å²) in [4.78, 5) is 19.1. The number of Topliss-reactive ketones (excluding diaryl/α,β-unsaturated/α-hetero) is 1. The van der Waals surface area contributed by atoms with Crippen LogP contribution in [0.3, 0.4) is 0 Å². The van der Waals surface area contributed by atoms with E-state index in [1.165, 1.54) is 12.3 Å². The lowest BCUT2D eigenvalue weighted by Crippen LogP contribution is -2.19. The molecule has 0 unspecified atom stereocenters. The minimum atomic E-state index is -3.38. The molecule has 0 aromatic carbocycles. The molecule has 1 aromatic rings. The van der Waals surface area contributed by atoms with Gasteiger partial charge in [0.05, 0.1) is 5.25 Å². The van der Waals surface area contributed by atoms with Gasteiger partial charge in [-0.05, 0) is 18.9 Å². The van der Waals surface area contributed by atoms with Gasteiger partial charge in [0.15, 0.2) is 5.78 Å². The Kier molecular flexibility index (Phi) is 3.10. The fourth-order valence-electron chi connectivity index (χ4n) is 1.33. The molecule has 1 N–H and O–H groups in total. The van der Waals surface area contributed by atoms with Crippen LogP contribution in [0.1, 0.15) is 36.7 Å². The second-order valence-corrected chi connectivity index (χ2v) is 5.85. The molecule has 0 amide bonds. The predicted molar refractivity (Wildman–Crippen MR) is 62.2 cm³/mol. The maximum absolute atomic E-state index is 11.6. The van der Waals surface area contributed by atoms with Gasteiger partial charge in [-0.25, -0.2) is 18.4 Å². The first-order valence-corrected chi connectivity index (χ1v) is 6.95. The third kappa shape index (κ3) is 2.79. The average molecular weight is 255 g/mol. The molecule has 2 rings (SSSR count). The van der Waals surface area contributed by atoms with Crippen LogP contribution in [0.2, 0.25) is 0 Å². The van der Waals surface area contributed by atoms with Crippen LogP contribution in [0.4, 0.5) is 5.95 Å². The normalized spacial score (nSPS) is 15.6. The molecule has 6 nitrogen and oxygen atoms in total. The number of ketones is 1. The number of carbonyl (C=O) groups is 1. The van der Waals surface area contributed by atoms with Gasteiger partial charge in [-0.2, -0.15) is 0 Å². The van der Waals surface area contributed by atoms with E-state index in [4.69, 9.17) is 0 Å². The second kappa shape index (κ2) is 4.40. The van der Waals surface area contributed by atoms with Gasteiger partial charge < -0.3 is 0 Å². The van der Waals surface area contributed by atoms with Crippen LogP contribution in [0.25, 0.3) is 0 Å². The van der Waals surface area contributed by atoms with E-state index in [0.717, 1.165) is 0 Å². The van der Waals surface area contributed by atoms with Crippen molar-refractivity contribution in [3.05, 3.63) is 18.0 Å². The fourth-order valence-corrected chi connectivity index (χ4v) is 2.61. The van der Waals surface area contributed by atoms with Crippen LogP contribution < -0.4 is 4.72 Å². The van der Waals surface area contributed by atoms with Gasteiger partial charge in [0.2, 0.25) is 16.0 Å². The number of aromatic nitrogens is 2. The molecule has 1 aromatic heterocycles. The van der Waals surface area contributed by atoms with Crippen LogP contribution in [-0.4, -0.2) is 29.4 Å². The van der Waals surface area contributed by atoms with Crippen LogP contribution >= 0.6 is 0 Å². The summed E-state index contributed by atoms with van der Waals surface area (Å²) in [7, 11) is -3.38. The van der Waals surface area contributed by atoms with Gasteiger partial charge >= 0.3 is 0 Å². The summed E-state index contributed by atoms with van der Waals surface area (Å²) in [6, 6.07) is 1.47. The first-order chi connectivity index (χ1) is 8.03. The van der Waals surface area contributed by atoms with Gasteiger partial charge in [0.25, 0.3) is 0 Å². The zero-order valence-corrected chi connectivity index (χ0v) is 10.2. The highest BCUT2D eigenvalue weighted by Crippen LogP contribution is 2.28. The molecule has 0 atom stereocenters. The van der Waals surface area contributed by atoms with Crippen LogP contribution in [0, 0.1) is 0 Å². The molecule has 1 aliphatic rings. The van der Waals surface area contributed by atoms with E-state index in [1.54, 1.807) is 6.92 Å². The van der Waals surface area contributed by atoms with Gasteiger partial charge in [0.1, 0.15) is 5.69 Å². The quantitative estimate of drug-likeness (QED) is 0.792. The van der Waals surface area contributed by atoms with E-state index in [2.05, 4.69) is 14.7 Å². The van der Waals surface area contributed by atoms with Gasteiger partial charge in [0, 0.05) is 12.6 Å². The molecule has 1 fully saturated rings. The predicted octanol–water partition coefficient (Wildman–Crippen LogP) is 0.973. The summed E-state index contributed by atoms with van der Waals surface area (Å²) < 4.78 is 25.6. The Labute approximate surface area is 99.5 Å². The summed E-state index contributed by atoms with van der Waals surface area (Å²) in [5.41, 5.74) is 0.232. The molecular formula is C10H13N3O3S. The van der Waals surface area contributed by atoms with Crippen molar-refractivity contribution in [3.63, 3.8) is 0 Å². The van der Waals surface area contributed by atoms with Gasteiger partial charge in [-0.15, -0.1) is 0 Å². The number of hydrogen-bond acceptors (Lipinski definition) is 5. The molecule has 0 bridgehead atoms. The molecule has 0 spiro atoms. The van der Waals surface area contributed by atoms with E-state index in [1.807, 2.05) is 0 Å². The van der Waals surface area contributed by atoms with Crippen LogP contribution in [0.5, 0.6) is 0 Å². The number of hydrogen-bond donors (Lipinski definition) is 1. The monoisotopic (exact) mass is 255 g/mol. The first kappa shape index (κ1) is 12.0. The minimum absolute atomic E-state index is 0.0313. The van der Waals surface area contributed by atoms with E-state index < -0.39 is 10.0 Å². The maximum atomic E-state index is 11.6. The zero-order chi connectivity index (χ0) is 12.5. The SMILES string of the molecule is CCC(=O)c1ccnc(NS(=O)(=O)C2CC2)n1. The third-order valence-electron chi connectivity index (χ3n) is 2.46. The van der Waals surface area contributed by atoms with E-state index in [0.29, 0.717) is 19.3 Å². The lowest BCUT2D eigenvalue weighted by molar-refractivity contribution is 0.0983. The molecule has 0 saturated heterocycles. The lowest BCUT2D eigenvalue weighted by Gasteiger charge is -2.05. The first-order valence-electron chi connectivity index (χ1n) is 5.41. The van der Waals surface area contributed by atoms with Crippen molar-refractivity contribution in [1.29, 1.82) is 0 Å². The topological polar surface area (TPSA) is 89.0 Å². The number of nitrogens with zero attached hydrogens (tertiary/aromatic N) is 2. The smallest absolute Gasteiger partial charge is 0.237 e. The van der Waals surface area contributed by atoms with Crippen molar-refractivity contribution in [2.45, 2.75) is 31.4 Å². The van der Waals surface area contributed by atoms with Gasteiger partial charge in [-0.1, -0.05) is 6.92 Å². The number of sulfonamides is 1. The van der Waals surface area contributed by atoms with Crippen molar-refractivity contribution >= 4 is 21.8 Å². The number of rotatable bonds is 5. The van der Waals surface area contributed by atoms with Crippen molar-refractivity contribution < 1.29 is 13.2 Å². The van der Waals surface area contributed by atoms with Crippen molar-refractivity contribution in [1.82, 2.24) is 9.97 Å². The lowest BCUT2D eigenvalue weighted by atomic mass is 10.2. The summed E-state index contributed by atoms with van der Waals surface area (Å²) in [6.07, 6.45) is 3.04. The number of anilines is 1. The highest BCUT2D eigenvalue weighted by molar-refractivity contribution is 7.93. The average Bonchev–Trinajstić information content (AvgIpc) is 3.11. The van der Waals surface area contributed by atoms with Crippen molar-refractivity contribution in [2.24, 2.45) is 0 Å². The zero-order valence-electron chi connectivity index (χ0n) is 9.38. The molecule has 0 radical (unpaired) electrons. The highest BCUT2D eigenvalue weighted by atomic mass is 32.2. The Morgan fingerprint density at radius 3 is 2.82 bits per heavy atom. The Morgan fingerprint density at radius 2 is 2.24 bits per heavy atom. The number of nitrogens with one attached hydrogen (secondary N) is 1. The molecule has 7 heteroatoms. The maximum Gasteiger partial charge on any atom is 0.237 e. The van der Waals surface area contributed by atoms with Crippen molar-refractivity contribution in [2.75, 3.05) is 4.72 Å². The Morgan fingerprint density at radius 1 is 1.53 bits per heavy atom. The van der Waals surface area contributed by atoms with E-state index in [9.17, 15) is 13.2 Å². The molecular weight excluding hydrogens is 242 g/mol. The minimum Gasteiger partial charge on any atom is -0.292 e. The summed E-state index contributed by atoms with van der Waals surface area (Å²) in [5.74, 6) is -0.171. The third-order valence-corrected chi connectivity index (χ3v) is 4.28. The van der Waals surface area contributed by atoms with Crippen LogP contribution in [0.15, 0.2) is 12.3 Å². The Balaban J connectivity index is 2.19. The fraction of sp³-hybridized carbons (Fsp3) is 0.500. The molecule has 1 aliphatic carbocycles.